The molecule has 0 radical (unpaired) electrons. The highest BCUT2D eigenvalue weighted by Crippen LogP contribution is 2.25. The fourth-order valence-corrected chi connectivity index (χ4v) is 5.20. The number of halogens is 1. The lowest BCUT2D eigenvalue weighted by atomic mass is 9.89. The third kappa shape index (κ3) is 3.72. The van der Waals surface area contributed by atoms with E-state index >= 15 is 0 Å². The van der Waals surface area contributed by atoms with E-state index in [1.165, 1.54) is 4.31 Å². The molecule has 0 bridgehead atoms. The maximum atomic E-state index is 13.0. The Morgan fingerprint density at radius 2 is 1.75 bits per heavy atom. The van der Waals surface area contributed by atoms with Crippen molar-refractivity contribution in [3.05, 3.63) is 28.7 Å². The second-order valence-electron chi connectivity index (χ2n) is 6.22. The van der Waals surface area contributed by atoms with Crippen LogP contribution in [0.25, 0.3) is 0 Å². The van der Waals surface area contributed by atoms with Crippen molar-refractivity contribution in [2.45, 2.75) is 23.8 Å². The summed E-state index contributed by atoms with van der Waals surface area (Å²) in [5.41, 5.74) is 0. The van der Waals surface area contributed by atoms with Crippen molar-refractivity contribution in [3.63, 3.8) is 0 Å². The van der Waals surface area contributed by atoms with Gasteiger partial charge in [0.1, 0.15) is 0 Å². The Labute approximate surface area is 151 Å². The number of piperidine rings is 1. The van der Waals surface area contributed by atoms with Crippen LogP contribution in [-0.2, 0) is 14.8 Å². The van der Waals surface area contributed by atoms with Crippen molar-refractivity contribution in [1.82, 2.24) is 14.9 Å². The van der Waals surface area contributed by atoms with Gasteiger partial charge in [-0.15, -0.1) is 0 Å². The Kier molecular flexibility index (Phi) is 5.71. The molecular formula is C16H22BrN3O3S. The zero-order valence-corrected chi connectivity index (χ0v) is 15.8. The van der Waals surface area contributed by atoms with E-state index < -0.39 is 16.1 Å². The maximum Gasteiger partial charge on any atom is 0.243 e. The van der Waals surface area contributed by atoms with Gasteiger partial charge in [0.05, 0.1) is 10.9 Å². The molecule has 6 nitrogen and oxygen atoms in total. The molecule has 1 aromatic carbocycles. The number of rotatable bonds is 4. The number of nitrogens with zero attached hydrogens (tertiary/aromatic N) is 1. The van der Waals surface area contributed by atoms with Crippen LogP contribution in [0, 0.1) is 5.92 Å². The summed E-state index contributed by atoms with van der Waals surface area (Å²) >= 11 is 3.32. The van der Waals surface area contributed by atoms with Gasteiger partial charge in [0.25, 0.3) is 0 Å². The molecular weight excluding hydrogens is 394 g/mol. The summed E-state index contributed by atoms with van der Waals surface area (Å²) in [7, 11) is -3.68. The lowest BCUT2D eigenvalue weighted by Gasteiger charge is -2.36. The number of carbonyl (C=O) groups excluding carboxylic acids is 1. The molecule has 2 fully saturated rings. The summed E-state index contributed by atoms with van der Waals surface area (Å²) in [6.45, 7) is 2.90. The smallest absolute Gasteiger partial charge is 0.243 e. The van der Waals surface area contributed by atoms with E-state index in [9.17, 15) is 13.2 Å². The number of benzene rings is 1. The van der Waals surface area contributed by atoms with Crippen molar-refractivity contribution in [1.29, 1.82) is 0 Å². The standard InChI is InChI=1S/C16H22BrN3O3S/c17-13-1-3-14(4-2-13)24(22,23)20-10-9-19-11-15(20)16(21)12-5-7-18-8-6-12/h1-4,12,15,18-19H,5-11H2. The molecule has 2 saturated heterocycles. The van der Waals surface area contributed by atoms with E-state index in [4.69, 9.17) is 0 Å². The van der Waals surface area contributed by atoms with Crippen LogP contribution >= 0.6 is 15.9 Å². The normalized spacial score (nSPS) is 24.0. The minimum absolute atomic E-state index is 0.0457. The number of piperazine rings is 1. The second kappa shape index (κ2) is 7.61. The van der Waals surface area contributed by atoms with Gasteiger partial charge in [-0.3, -0.25) is 4.79 Å². The number of nitrogens with one attached hydrogen (secondary N) is 2. The Morgan fingerprint density at radius 1 is 1.08 bits per heavy atom. The number of hydrogen-bond donors (Lipinski definition) is 2. The maximum absolute atomic E-state index is 13.0. The number of sulfonamides is 1. The lowest BCUT2D eigenvalue weighted by molar-refractivity contribution is -0.127. The summed E-state index contributed by atoms with van der Waals surface area (Å²) < 4.78 is 28.2. The molecule has 0 saturated carbocycles. The third-order valence-corrected chi connectivity index (χ3v) is 7.14. The number of carbonyl (C=O) groups is 1. The minimum atomic E-state index is -3.68. The van der Waals surface area contributed by atoms with Gasteiger partial charge < -0.3 is 10.6 Å². The van der Waals surface area contributed by atoms with E-state index in [0.717, 1.165) is 30.4 Å². The molecule has 1 aromatic rings. The Hall–Kier alpha value is -0.800. The molecule has 1 atom stereocenters. The first-order valence-corrected chi connectivity index (χ1v) is 10.5. The zero-order chi connectivity index (χ0) is 17.2. The van der Waals surface area contributed by atoms with Gasteiger partial charge in [-0.05, 0) is 50.2 Å². The van der Waals surface area contributed by atoms with Crippen molar-refractivity contribution >= 4 is 31.7 Å². The Bertz CT molecular complexity index is 687. The van der Waals surface area contributed by atoms with Crippen LogP contribution < -0.4 is 10.6 Å². The van der Waals surface area contributed by atoms with Crippen LogP contribution in [-0.4, -0.2) is 57.3 Å². The van der Waals surface area contributed by atoms with E-state index in [1.54, 1.807) is 24.3 Å². The first kappa shape index (κ1) is 18.0. The fourth-order valence-electron chi connectivity index (χ4n) is 3.34. The summed E-state index contributed by atoms with van der Waals surface area (Å²) in [4.78, 5) is 13.1. The molecule has 8 heteroatoms. The van der Waals surface area contributed by atoms with Gasteiger partial charge in [-0.2, -0.15) is 4.31 Å². The fraction of sp³-hybridized carbons (Fsp3) is 0.562. The van der Waals surface area contributed by atoms with Gasteiger partial charge >= 0.3 is 0 Å². The summed E-state index contributed by atoms with van der Waals surface area (Å²) in [6.07, 6.45) is 1.56. The molecule has 0 aromatic heterocycles. The average Bonchev–Trinajstić information content (AvgIpc) is 2.62. The third-order valence-electron chi connectivity index (χ3n) is 4.68. The SMILES string of the molecule is O=C(C1CCNCC1)C1CNCCN1S(=O)(=O)c1ccc(Br)cc1. The molecule has 2 aliphatic rings. The highest BCUT2D eigenvalue weighted by Gasteiger charge is 2.40. The van der Waals surface area contributed by atoms with Crippen LogP contribution in [0.5, 0.6) is 0 Å². The Balaban J connectivity index is 1.85. The van der Waals surface area contributed by atoms with Crippen LogP contribution in [0.4, 0.5) is 0 Å². The predicted octanol–water partition coefficient (Wildman–Crippen LogP) is 0.980. The number of Topliss-reactive ketones (excluding diaryl/α,β-unsaturated/α-hetero) is 1. The highest BCUT2D eigenvalue weighted by molar-refractivity contribution is 9.10. The molecule has 2 aliphatic heterocycles. The van der Waals surface area contributed by atoms with Crippen molar-refractivity contribution in [2.75, 3.05) is 32.7 Å². The van der Waals surface area contributed by atoms with E-state index in [0.29, 0.717) is 19.6 Å². The van der Waals surface area contributed by atoms with Gasteiger partial charge in [0.15, 0.2) is 5.78 Å². The van der Waals surface area contributed by atoms with Crippen molar-refractivity contribution in [3.8, 4) is 0 Å². The molecule has 0 aliphatic carbocycles. The van der Waals surface area contributed by atoms with Crippen LogP contribution in [0.2, 0.25) is 0 Å². The van der Waals surface area contributed by atoms with E-state index in [2.05, 4.69) is 26.6 Å². The molecule has 2 N–H and O–H groups in total. The molecule has 3 rings (SSSR count). The molecule has 132 valence electrons. The van der Waals surface area contributed by atoms with E-state index in [-0.39, 0.29) is 16.6 Å². The summed E-state index contributed by atoms with van der Waals surface area (Å²) in [5.74, 6) is -0.0110. The molecule has 24 heavy (non-hydrogen) atoms. The van der Waals surface area contributed by atoms with Crippen molar-refractivity contribution < 1.29 is 13.2 Å². The predicted molar refractivity (Wildman–Crippen MR) is 95.3 cm³/mol. The zero-order valence-electron chi connectivity index (χ0n) is 13.4. The first-order valence-electron chi connectivity index (χ1n) is 8.23. The van der Waals surface area contributed by atoms with Crippen molar-refractivity contribution in [2.24, 2.45) is 5.92 Å². The van der Waals surface area contributed by atoms with Gasteiger partial charge in [-0.25, -0.2) is 8.42 Å². The average molecular weight is 416 g/mol. The van der Waals surface area contributed by atoms with Crippen LogP contribution in [0.1, 0.15) is 12.8 Å². The van der Waals surface area contributed by atoms with Gasteiger partial charge in [-0.1, -0.05) is 15.9 Å². The lowest BCUT2D eigenvalue weighted by Crippen LogP contribution is -2.58. The van der Waals surface area contributed by atoms with Gasteiger partial charge in [0.2, 0.25) is 10.0 Å². The van der Waals surface area contributed by atoms with Crippen LogP contribution in [0.15, 0.2) is 33.6 Å². The molecule has 2 heterocycles. The van der Waals surface area contributed by atoms with Crippen LogP contribution in [0.3, 0.4) is 0 Å². The number of ketones is 1. The topological polar surface area (TPSA) is 78.5 Å². The molecule has 0 spiro atoms. The minimum Gasteiger partial charge on any atom is -0.317 e. The van der Waals surface area contributed by atoms with E-state index in [1.807, 2.05) is 0 Å². The second-order valence-corrected chi connectivity index (χ2v) is 9.02. The monoisotopic (exact) mass is 415 g/mol. The molecule has 0 amide bonds. The largest absolute Gasteiger partial charge is 0.317 e. The highest BCUT2D eigenvalue weighted by atomic mass is 79.9. The van der Waals surface area contributed by atoms with Gasteiger partial charge in [0, 0.05) is 30.0 Å². The number of hydrogen-bond acceptors (Lipinski definition) is 5. The quantitative estimate of drug-likeness (QED) is 0.765. The molecule has 1 unspecified atom stereocenters. The summed E-state index contributed by atoms with van der Waals surface area (Å²) in [5, 5.41) is 6.41. The Morgan fingerprint density at radius 3 is 2.42 bits per heavy atom. The first-order chi connectivity index (χ1) is 11.5. The summed E-state index contributed by atoms with van der Waals surface area (Å²) in [6, 6.07) is 5.95.